The summed E-state index contributed by atoms with van der Waals surface area (Å²) in [5, 5.41) is 3.35. The van der Waals surface area contributed by atoms with Gasteiger partial charge in [0.05, 0.1) is 0 Å². The van der Waals surface area contributed by atoms with Crippen LogP contribution in [0.15, 0.2) is 24.3 Å². The van der Waals surface area contributed by atoms with Crippen LogP contribution in [0, 0.1) is 5.82 Å². The lowest BCUT2D eigenvalue weighted by molar-refractivity contribution is 0.176. The van der Waals surface area contributed by atoms with Crippen molar-refractivity contribution >= 4 is 0 Å². The number of nitrogens with zero attached hydrogens (tertiary/aromatic N) is 1. The second kappa shape index (κ2) is 9.02. The predicted molar refractivity (Wildman–Crippen MR) is 76.8 cm³/mol. The molecule has 0 aliphatic rings. The van der Waals surface area contributed by atoms with Crippen LogP contribution < -0.4 is 5.32 Å². The molecule has 108 valence electrons. The molecule has 0 saturated heterocycles. The van der Waals surface area contributed by atoms with Gasteiger partial charge < -0.3 is 15.0 Å². The fourth-order valence-corrected chi connectivity index (χ4v) is 2.16. The first-order chi connectivity index (χ1) is 9.19. The molecule has 4 heteroatoms. The predicted octanol–water partition coefficient (Wildman–Crippen LogP) is 2.44. The minimum Gasteiger partial charge on any atom is -0.385 e. The van der Waals surface area contributed by atoms with Crippen LogP contribution in [-0.4, -0.2) is 45.3 Å². The quantitative estimate of drug-likeness (QED) is 0.696. The van der Waals surface area contributed by atoms with Gasteiger partial charge in [-0.25, -0.2) is 4.39 Å². The molecule has 1 N–H and O–H groups in total. The standard InChI is InChI=1S/C15H25FN2O/c1-4-17-15(12-18(2)10-7-11-19-3)13-8-5-6-9-14(13)16/h5-6,8-9,15,17H,4,7,10-12H2,1-3H3. The van der Waals surface area contributed by atoms with Crippen LogP contribution in [0.4, 0.5) is 4.39 Å². The zero-order valence-corrected chi connectivity index (χ0v) is 12.2. The average Bonchev–Trinajstić information content (AvgIpc) is 2.39. The van der Waals surface area contributed by atoms with Gasteiger partial charge in [0.15, 0.2) is 0 Å². The Hall–Kier alpha value is -0.970. The van der Waals surface area contributed by atoms with E-state index < -0.39 is 0 Å². The van der Waals surface area contributed by atoms with Gasteiger partial charge >= 0.3 is 0 Å². The highest BCUT2D eigenvalue weighted by Crippen LogP contribution is 2.17. The molecule has 1 unspecified atom stereocenters. The molecule has 0 aromatic heterocycles. The Morgan fingerprint density at radius 3 is 2.74 bits per heavy atom. The molecule has 0 bridgehead atoms. The van der Waals surface area contributed by atoms with E-state index >= 15 is 0 Å². The lowest BCUT2D eigenvalue weighted by Crippen LogP contribution is -2.34. The molecular formula is C15H25FN2O. The van der Waals surface area contributed by atoms with Crippen molar-refractivity contribution in [3.05, 3.63) is 35.6 Å². The summed E-state index contributed by atoms with van der Waals surface area (Å²) in [4.78, 5) is 2.21. The van der Waals surface area contributed by atoms with Crippen LogP contribution >= 0.6 is 0 Å². The van der Waals surface area contributed by atoms with Gasteiger partial charge in [0.25, 0.3) is 0 Å². The van der Waals surface area contributed by atoms with E-state index in [0.29, 0.717) is 0 Å². The Labute approximate surface area is 115 Å². The minimum absolute atomic E-state index is 0.0266. The summed E-state index contributed by atoms with van der Waals surface area (Å²) in [6.45, 7) is 5.36. The molecule has 0 saturated carbocycles. The lowest BCUT2D eigenvalue weighted by Gasteiger charge is -2.25. The summed E-state index contributed by atoms with van der Waals surface area (Å²) >= 11 is 0. The van der Waals surface area contributed by atoms with E-state index in [1.54, 1.807) is 13.2 Å². The smallest absolute Gasteiger partial charge is 0.128 e. The molecular weight excluding hydrogens is 243 g/mol. The fourth-order valence-electron chi connectivity index (χ4n) is 2.16. The molecule has 0 fully saturated rings. The number of likely N-dealkylation sites (N-methyl/N-ethyl adjacent to an activating group) is 2. The fraction of sp³-hybridized carbons (Fsp3) is 0.600. The number of hydrogen-bond acceptors (Lipinski definition) is 3. The zero-order valence-electron chi connectivity index (χ0n) is 12.2. The first kappa shape index (κ1) is 16.1. The van der Waals surface area contributed by atoms with Crippen molar-refractivity contribution in [1.29, 1.82) is 0 Å². The molecule has 0 aliphatic heterocycles. The third kappa shape index (κ3) is 5.68. The Kier molecular flexibility index (Phi) is 7.63. The zero-order chi connectivity index (χ0) is 14.1. The van der Waals surface area contributed by atoms with Gasteiger partial charge in [-0.2, -0.15) is 0 Å². The van der Waals surface area contributed by atoms with Crippen LogP contribution in [0.25, 0.3) is 0 Å². The van der Waals surface area contributed by atoms with Crippen LogP contribution in [-0.2, 0) is 4.74 Å². The van der Waals surface area contributed by atoms with Crippen LogP contribution in [0.1, 0.15) is 24.9 Å². The van der Waals surface area contributed by atoms with Gasteiger partial charge in [-0.15, -0.1) is 0 Å². The molecule has 1 atom stereocenters. The SMILES string of the molecule is CCNC(CN(C)CCCOC)c1ccccc1F. The average molecular weight is 268 g/mol. The maximum atomic E-state index is 13.8. The second-order valence-electron chi connectivity index (χ2n) is 4.74. The number of hydrogen-bond donors (Lipinski definition) is 1. The summed E-state index contributed by atoms with van der Waals surface area (Å²) < 4.78 is 18.9. The third-order valence-electron chi connectivity index (χ3n) is 3.11. The molecule has 3 nitrogen and oxygen atoms in total. The number of rotatable bonds is 9. The highest BCUT2D eigenvalue weighted by Gasteiger charge is 2.16. The van der Waals surface area contributed by atoms with Crippen molar-refractivity contribution in [2.75, 3.05) is 40.4 Å². The molecule has 0 spiro atoms. The van der Waals surface area contributed by atoms with E-state index in [1.807, 2.05) is 19.1 Å². The number of methoxy groups -OCH3 is 1. The molecule has 19 heavy (non-hydrogen) atoms. The number of nitrogens with one attached hydrogen (secondary N) is 1. The van der Waals surface area contributed by atoms with Crippen LogP contribution in [0.2, 0.25) is 0 Å². The minimum atomic E-state index is -0.140. The van der Waals surface area contributed by atoms with Crippen LogP contribution in [0.5, 0.6) is 0 Å². The summed E-state index contributed by atoms with van der Waals surface area (Å²) in [7, 11) is 3.77. The van der Waals surface area contributed by atoms with E-state index in [-0.39, 0.29) is 11.9 Å². The van der Waals surface area contributed by atoms with Gasteiger partial charge in [-0.3, -0.25) is 0 Å². The van der Waals surface area contributed by atoms with Crippen LogP contribution in [0.3, 0.4) is 0 Å². The number of halogens is 1. The Morgan fingerprint density at radius 2 is 2.11 bits per heavy atom. The highest BCUT2D eigenvalue weighted by atomic mass is 19.1. The van der Waals surface area contributed by atoms with E-state index in [0.717, 1.165) is 38.2 Å². The van der Waals surface area contributed by atoms with Gasteiger partial charge in [0.2, 0.25) is 0 Å². The van der Waals surface area contributed by atoms with Crippen molar-refractivity contribution in [1.82, 2.24) is 10.2 Å². The van der Waals surface area contributed by atoms with E-state index in [4.69, 9.17) is 4.74 Å². The van der Waals surface area contributed by atoms with E-state index in [9.17, 15) is 4.39 Å². The van der Waals surface area contributed by atoms with Gasteiger partial charge in [0.1, 0.15) is 5.82 Å². The molecule has 0 heterocycles. The third-order valence-corrected chi connectivity index (χ3v) is 3.11. The monoisotopic (exact) mass is 268 g/mol. The molecule has 1 rings (SSSR count). The Balaban J connectivity index is 2.60. The Morgan fingerprint density at radius 1 is 1.37 bits per heavy atom. The summed E-state index contributed by atoms with van der Waals surface area (Å²) in [5.41, 5.74) is 0.739. The second-order valence-corrected chi connectivity index (χ2v) is 4.74. The van der Waals surface area contributed by atoms with Crippen molar-refractivity contribution in [3.8, 4) is 0 Å². The molecule has 0 aliphatic carbocycles. The topological polar surface area (TPSA) is 24.5 Å². The molecule has 1 aromatic rings. The lowest BCUT2D eigenvalue weighted by atomic mass is 10.1. The van der Waals surface area contributed by atoms with Crippen molar-refractivity contribution in [3.63, 3.8) is 0 Å². The van der Waals surface area contributed by atoms with Gasteiger partial charge in [-0.05, 0) is 26.1 Å². The van der Waals surface area contributed by atoms with Gasteiger partial charge in [0, 0.05) is 38.4 Å². The normalized spacial score (nSPS) is 12.9. The first-order valence-electron chi connectivity index (χ1n) is 6.84. The van der Waals surface area contributed by atoms with Crippen molar-refractivity contribution in [2.24, 2.45) is 0 Å². The van der Waals surface area contributed by atoms with Crippen molar-refractivity contribution in [2.45, 2.75) is 19.4 Å². The maximum Gasteiger partial charge on any atom is 0.128 e. The largest absolute Gasteiger partial charge is 0.385 e. The van der Waals surface area contributed by atoms with E-state index in [1.165, 1.54) is 6.07 Å². The molecule has 0 amide bonds. The Bertz CT molecular complexity index is 360. The summed E-state index contributed by atoms with van der Waals surface area (Å²) in [6.07, 6.45) is 0.989. The van der Waals surface area contributed by atoms with E-state index in [2.05, 4.69) is 17.3 Å². The molecule has 1 aromatic carbocycles. The maximum absolute atomic E-state index is 13.8. The summed E-state index contributed by atoms with van der Waals surface area (Å²) in [5.74, 6) is -0.140. The number of ether oxygens (including phenoxy) is 1. The number of benzene rings is 1. The summed E-state index contributed by atoms with van der Waals surface area (Å²) in [6, 6.07) is 7.01. The first-order valence-corrected chi connectivity index (χ1v) is 6.84. The van der Waals surface area contributed by atoms with Gasteiger partial charge in [-0.1, -0.05) is 25.1 Å². The molecule has 0 radical (unpaired) electrons. The highest BCUT2D eigenvalue weighted by molar-refractivity contribution is 5.21. The van der Waals surface area contributed by atoms with Crippen molar-refractivity contribution < 1.29 is 9.13 Å².